The van der Waals surface area contributed by atoms with E-state index >= 15 is 0 Å². The van der Waals surface area contributed by atoms with Crippen LogP contribution in [-0.2, 0) is 14.3 Å². The summed E-state index contributed by atoms with van der Waals surface area (Å²) in [6.07, 6.45) is 2.70. The zero-order valence-electron chi connectivity index (χ0n) is 11.1. The Kier molecular flexibility index (Phi) is 4.80. The molecule has 1 amide bonds. The second-order valence-electron chi connectivity index (χ2n) is 4.49. The predicted octanol–water partition coefficient (Wildman–Crippen LogP) is 1.91. The van der Waals surface area contributed by atoms with E-state index in [0.717, 1.165) is 0 Å². The van der Waals surface area contributed by atoms with Gasteiger partial charge in [0.15, 0.2) is 0 Å². The topological polar surface area (TPSA) is 55.4 Å². The van der Waals surface area contributed by atoms with E-state index in [-0.39, 0.29) is 5.82 Å². The van der Waals surface area contributed by atoms with Gasteiger partial charge in [-0.1, -0.05) is 12.1 Å². The quantitative estimate of drug-likeness (QED) is 0.668. The number of carbonyl (C=O) groups excluding carboxylic acids is 2. The Morgan fingerprint density at radius 1 is 1.37 bits per heavy atom. The van der Waals surface area contributed by atoms with Crippen LogP contribution in [0.15, 0.2) is 30.3 Å². The van der Waals surface area contributed by atoms with Gasteiger partial charge in [0.25, 0.3) is 0 Å². The molecule has 0 bridgehead atoms. The van der Waals surface area contributed by atoms with Crippen LogP contribution in [0.3, 0.4) is 0 Å². The zero-order valence-corrected chi connectivity index (χ0v) is 11.1. The molecule has 19 heavy (non-hydrogen) atoms. The van der Waals surface area contributed by atoms with Crippen LogP contribution in [0.25, 0.3) is 6.08 Å². The maximum Gasteiger partial charge on any atom is 0.330 e. The van der Waals surface area contributed by atoms with Crippen molar-refractivity contribution in [2.45, 2.75) is 19.4 Å². The minimum Gasteiger partial charge on any atom is -0.467 e. The number of rotatable bonds is 4. The molecule has 0 saturated carbocycles. The fourth-order valence-electron chi connectivity index (χ4n) is 1.44. The maximum absolute atomic E-state index is 12.9. The third-order valence-electron chi connectivity index (χ3n) is 2.41. The molecule has 0 fully saturated rings. The monoisotopic (exact) mass is 265 g/mol. The van der Waals surface area contributed by atoms with Crippen molar-refractivity contribution in [3.8, 4) is 0 Å². The van der Waals surface area contributed by atoms with E-state index in [1.807, 2.05) is 0 Å². The van der Waals surface area contributed by atoms with Gasteiger partial charge in [-0.2, -0.15) is 0 Å². The molecular formula is C14H16FNO3. The van der Waals surface area contributed by atoms with Crippen molar-refractivity contribution in [3.05, 3.63) is 41.7 Å². The SMILES string of the molecule is COC(=O)C(C)(C)NC(=O)/C=C/c1cccc(F)c1. The molecule has 1 rings (SSSR count). The lowest BCUT2D eigenvalue weighted by Gasteiger charge is -2.22. The number of halogens is 1. The van der Waals surface area contributed by atoms with Crippen LogP contribution in [0.4, 0.5) is 4.39 Å². The van der Waals surface area contributed by atoms with Crippen LogP contribution in [0.1, 0.15) is 19.4 Å². The lowest BCUT2D eigenvalue weighted by atomic mass is 10.1. The summed E-state index contributed by atoms with van der Waals surface area (Å²) in [6, 6.07) is 5.83. The largest absolute Gasteiger partial charge is 0.467 e. The van der Waals surface area contributed by atoms with Gasteiger partial charge >= 0.3 is 5.97 Å². The van der Waals surface area contributed by atoms with Gasteiger partial charge in [-0.25, -0.2) is 9.18 Å². The molecule has 102 valence electrons. The molecule has 0 unspecified atom stereocenters. The highest BCUT2D eigenvalue weighted by atomic mass is 19.1. The van der Waals surface area contributed by atoms with Gasteiger partial charge in [0.05, 0.1) is 7.11 Å². The Morgan fingerprint density at radius 2 is 2.05 bits per heavy atom. The number of carbonyl (C=O) groups is 2. The third kappa shape index (κ3) is 4.54. The Bertz CT molecular complexity index is 509. The zero-order chi connectivity index (χ0) is 14.5. The molecule has 0 aliphatic carbocycles. The van der Waals surface area contributed by atoms with E-state index in [0.29, 0.717) is 5.56 Å². The molecule has 1 aromatic carbocycles. The van der Waals surface area contributed by atoms with Crippen molar-refractivity contribution >= 4 is 18.0 Å². The summed E-state index contributed by atoms with van der Waals surface area (Å²) >= 11 is 0. The second-order valence-corrected chi connectivity index (χ2v) is 4.49. The molecule has 0 saturated heterocycles. The number of nitrogens with one attached hydrogen (secondary N) is 1. The minimum atomic E-state index is -1.11. The first-order valence-corrected chi connectivity index (χ1v) is 5.69. The highest BCUT2D eigenvalue weighted by Gasteiger charge is 2.29. The minimum absolute atomic E-state index is 0.377. The normalized spacial score (nSPS) is 11.4. The van der Waals surface area contributed by atoms with Gasteiger partial charge in [0.2, 0.25) is 5.91 Å². The van der Waals surface area contributed by atoms with Gasteiger partial charge in [-0.05, 0) is 37.6 Å². The van der Waals surface area contributed by atoms with Crippen molar-refractivity contribution < 1.29 is 18.7 Å². The van der Waals surface area contributed by atoms with E-state index in [4.69, 9.17) is 0 Å². The Balaban J connectivity index is 2.68. The summed E-state index contributed by atoms with van der Waals surface area (Å²) in [6.45, 7) is 3.07. The van der Waals surface area contributed by atoms with Crippen LogP contribution >= 0.6 is 0 Å². The number of methoxy groups -OCH3 is 1. The average Bonchev–Trinajstić information content (AvgIpc) is 2.35. The van der Waals surface area contributed by atoms with Crippen LogP contribution in [-0.4, -0.2) is 24.5 Å². The molecule has 1 N–H and O–H groups in total. The maximum atomic E-state index is 12.9. The van der Waals surface area contributed by atoms with Gasteiger partial charge in [0.1, 0.15) is 11.4 Å². The molecule has 1 aromatic rings. The fraction of sp³-hybridized carbons (Fsp3) is 0.286. The fourth-order valence-corrected chi connectivity index (χ4v) is 1.44. The molecule has 5 heteroatoms. The van der Waals surface area contributed by atoms with Gasteiger partial charge in [-0.15, -0.1) is 0 Å². The molecule has 0 aliphatic heterocycles. The lowest BCUT2D eigenvalue weighted by molar-refractivity contribution is -0.148. The predicted molar refractivity (Wildman–Crippen MR) is 69.7 cm³/mol. The Hall–Kier alpha value is -2.17. The molecule has 4 nitrogen and oxygen atoms in total. The van der Waals surface area contributed by atoms with Crippen molar-refractivity contribution in [2.24, 2.45) is 0 Å². The average molecular weight is 265 g/mol. The van der Waals surface area contributed by atoms with Crippen molar-refractivity contribution in [1.29, 1.82) is 0 Å². The smallest absolute Gasteiger partial charge is 0.330 e. The summed E-state index contributed by atoms with van der Waals surface area (Å²) < 4.78 is 17.5. The molecule has 0 aliphatic rings. The molecule has 0 atom stereocenters. The highest BCUT2D eigenvalue weighted by Crippen LogP contribution is 2.07. The van der Waals surface area contributed by atoms with E-state index in [2.05, 4.69) is 10.1 Å². The first-order chi connectivity index (χ1) is 8.85. The standard InChI is InChI=1S/C14H16FNO3/c1-14(2,13(18)19-3)16-12(17)8-7-10-5-4-6-11(15)9-10/h4-9H,1-3H3,(H,16,17)/b8-7+. The van der Waals surface area contributed by atoms with Crippen LogP contribution < -0.4 is 5.32 Å². The molecular weight excluding hydrogens is 249 g/mol. The van der Waals surface area contributed by atoms with Gasteiger partial charge < -0.3 is 10.1 Å². The summed E-state index contributed by atoms with van der Waals surface area (Å²) in [4.78, 5) is 23.0. The van der Waals surface area contributed by atoms with Gasteiger partial charge in [-0.3, -0.25) is 4.79 Å². The van der Waals surface area contributed by atoms with E-state index in [1.165, 1.54) is 45.2 Å². The van der Waals surface area contributed by atoms with Crippen LogP contribution in [0, 0.1) is 5.82 Å². The van der Waals surface area contributed by atoms with E-state index < -0.39 is 17.4 Å². The number of hydrogen-bond acceptors (Lipinski definition) is 3. The Morgan fingerprint density at radius 3 is 2.63 bits per heavy atom. The summed E-state index contributed by atoms with van der Waals surface area (Å²) in [5, 5.41) is 2.50. The van der Waals surface area contributed by atoms with E-state index in [1.54, 1.807) is 12.1 Å². The first-order valence-electron chi connectivity index (χ1n) is 5.69. The number of hydrogen-bond donors (Lipinski definition) is 1. The molecule has 0 spiro atoms. The first kappa shape index (κ1) is 14.9. The van der Waals surface area contributed by atoms with E-state index in [9.17, 15) is 14.0 Å². The highest BCUT2D eigenvalue weighted by molar-refractivity contribution is 5.95. The molecule has 0 aromatic heterocycles. The third-order valence-corrected chi connectivity index (χ3v) is 2.41. The Labute approximate surface area is 111 Å². The van der Waals surface area contributed by atoms with Crippen LogP contribution in [0.5, 0.6) is 0 Å². The number of ether oxygens (including phenoxy) is 1. The summed E-state index contributed by atoms with van der Waals surface area (Å²) in [7, 11) is 1.25. The summed E-state index contributed by atoms with van der Waals surface area (Å²) in [5.41, 5.74) is -0.552. The van der Waals surface area contributed by atoms with Crippen molar-refractivity contribution in [1.82, 2.24) is 5.32 Å². The van der Waals surface area contributed by atoms with Crippen molar-refractivity contribution in [3.63, 3.8) is 0 Å². The van der Waals surface area contributed by atoms with Crippen molar-refractivity contribution in [2.75, 3.05) is 7.11 Å². The number of amides is 1. The number of esters is 1. The second kappa shape index (κ2) is 6.13. The van der Waals surface area contributed by atoms with Crippen LogP contribution in [0.2, 0.25) is 0 Å². The molecule has 0 radical (unpaired) electrons. The molecule has 0 heterocycles. The lowest BCUT2D eigenvalue weighted by Crippen LogP contribution is -2.49. The number of benzene rings is 1. The summed E-state index contributed by atoms with van der Waals surface area (Å²) in [5.74, 6) is -1.38. The van der Waals surface area contributed by atoms with Gasteiger partial charge in [0, 0.05) is 6.08 Å².